The number of rotatable bonds is 16. The normalized spacial score (nSPS) is 14.1. The molecule has 14 heteroatoms. The van der Waals surface area contributed by atoms with Crippen LogP contribution < -0.4 is 21.7 Å². The standard InChI is InChI=1S/C26H35N5O9/c1-13(2)9-16(27)23(36)30-19(11-22(34)35)25(38)29-18(7-8-21(32)33)24(37)31-20(26(39)40)10-14-12-28-17-6-4-3-5-15(14)17/h3-6,12-13,16,18-20,28H,7-11,27H2,1-2H3,(H,29,38)(H,30,36)(H,31,37)(H,32,33)(H,34,35)(H,39,40)/t16-,18-,19-,20-/m0/s1. The molecule has 0 aliphatic carbocycles. The Kier molecular flexibility index (Phi) is 11.6. The van der Waals surface area contributed by atoms with Gasteiger partial charge in [0.1, 0.15) is 18.1 Å². The molecule has 1 heterocycles. The zero-order chi connectivity index (χ0) is 30.0. The minimum absolute atomic E-state index is 0.0445. The first-order valence-corrected chi connectivity index (χ1v) is 12.7. The van der Waals surface area contributed by atoms with Crippen molar-refractivity contribution < 1.29 is 44.1 Å². The number of aliphatic carboxylic acids is 3. The lowest BCUT2D eigenvalue weighted by molar-refractivity contribution is -0.143. The first-order valence-electron chi connectivity index (χ1n) is 12.7. The molecule has 0 radical (unpaired) electrons. The molecular weight excluding hydrogens is 526 g/mol. The van der Waals surface area contributed by atoms with Gasteiger partial charge in [-0.1, -0.05) is 32.0 Å². The van der Waals surface area contributed by atoms with E-state index in [1.807, 2.05) is 13.8 Å². The van der Waals surface area contributed by atoms with Crippen LogP contribution in [0.5, 0.6) is 0 Å². The Morgan fingerprint density at radius 3 is 2.05 bits per heavy atom. The molecule has 3 amide bonds. The summed E-state index contributed by atoms with van der Waals surface area (Å²) in [7, 11) is 0. The van der Waals surface area contributed by atoms with E-state index in [0.717, 1.165) is 10.9 Å². The Hall–Kier alpha value is -4.46. The summed E-state index contributed by atoms with van der Waals surface area (Å²) in [6.45, 7) is 3.65. The van der Waals surface area contributed by atoms with E-state index in [4.69, 9.17) is 10.8 Å². The minimum Gasteiger partial charge on any atom is -0.481 e. The van der Waals surface area contributed by atoms with Gasteiger partial charge in [0, 0.05) is 29.9 Å². The molecule has 0 aliphatic heterocycles. The maximum absolute atomic E-state index is 13.1. The molecule has 0 saturated carbocycles. The van der Waals surface area contributed by atoms with E-state index in [2.05, 4.69) is 20.9 Å². The molecule has 40 heavy (non-hydrogen) atoms. The third-order valence-electron chi connectivity index (χ3n) is 6.07. The molecule has 2 rings (SSSR count). The number of carbonyl (C=O) groups excluding carboxylic acids is 3. The van der Waals surface area contributed by atoms with Crippen molar-refractivity contribution >= 4 is 46.5 Å². The van der Waals surface area contributed by atoms with Gasteiger partial charge in [-0.2, -0.15) is 0 Å². The fourth-order valence-corrected chi connectivity index (χ4v) is 4.08. The van der Waals surface area contributed by atoms with E-state index in [1.54, 1.807) is 30.5 Å². The largest absolute Gasteiger partial charge is 0.481 e. The zero-order valence-electron chi connectivity index (χ0n) is 22.2. The van der Waals surface area contributed by atoms with Crippen molar-refractivity contribution in [1.82, 2.24) is 20.9 Å². The number of nitrogens with two attached hydrogens (primary N) is 1. The second-order valence-corrected chi connectivity index (χ2v) is 9.85. The number of amides is 3. The van der Waals surface area contributed by atoms with Crippen LogP contribution in [0, 0.1) is 5.92 Å². The number of para-hydroxylation sites is 1. The lowest BCUT2D eigenvalue weighted by Gasteiger charge is -2.24. The molecule has 1 aromatic carbocycles. The number of carboxylic acid groups (broad SMARTS) is 3. The number of carboxylic acids is 3. The molecule has 0 saturated heterocycles. The molecule has 4 atom stereocenters. The van der Waals surface area contributed by atoms with E-state index in [-0.39, 0.29) is 18.8 Å². The molecule has 0 fully saturated rings. The topological polar surface area (TPSA) is 241 Å². The molecule has 0 aliphatic rings. The molecule has 2 aromatic rings. The van der Waals surface area contributed by atoms with Crippen LogP contribution in [-0.4, -0.2) is 80.1 Å². The quantitative estimate of drug-likeness (QED) is 0.136. The molecular formula is C26H35N5O9. The Labute approximate surface area is 229 Å². The zero-order valence-corrected chi connectivity index (χ0v) is 22.2. The van der Waals surface area contributed by atoms with Crippen molar-refractivity contribution in [3.05, 3.63) is 36.0 Å². The van der Waals surface area contributed by atoms with Crippen LogP contribution in [0.4, 0.5) is 0 Å². The highest BCUT2D eigenvalue weighted by atomic mass is 16.4. The summed E-state index contributed by atoms with van der Waals surface area (Å²) < 4.78 is 0. The average Bonchev–Trinajstić information content (AvgIpc) is 3.27. The van der Waals surface area contributed by atoms with Crippen LogP contribution in [0.1, 0.15) is 45.1 Å². The number of aromatic amines is 1. The molecule has 0 bridgehead atoms. The summed E-state index contributed by atoms with van der Waals surface area (Å²) in [5.41, 5.74) is 7.19. The molecule has 9 N–H and O–H groups in total. The number of fused-ring (bicyclic) bond motifs is 1. The Balaban J connectivity index is 2.20. The predicted octanol–water partition coefficient (Wildman–Crippen LogP) is -0.0377. The number of benzene rings is 1. The molecule has 0 unspecified atom stereocenters. The first kappa shape index (κ1) is 31.8. The molecule has 218 valence electrons. The maximum Gasteiger partial charge on any atom is 0.326 e. The van der Waals surface area contributed by atoms with Gasteiger partial charge in [0.15, 0.2) is 0 Å². The highest BCUT2D eigenvalue weighted by Crippen LogP contribution is 2.19. The number of hydrogen-bond acceptors (Lipinski definition) is 7. The Morgan fingerprint density at radius 2 is 1.45 bits per heavy atom. The molecule has 0 spiro atoms. The van der Waals surface area contributed by atoms with Crippen LogP contribution in [0.15, 0.2) is 30.5 Å². The summed E-state index contributed by atoms with van der Waals surface area (Å²) in [6, 6.07) is 1.54. The third kappa shape index (κ3) is 9.69. The second-order valence-electron chi connectivity index (χ2n) is 9.85. The Morgan fingerprint density at radius 1 is 0.850 bits per heavy atom. The number of H-pyrrole nitrogens is 1. The van der Waals surface area contributed by atoms with E-state index >= 15 is 0 Å². The van der Waals surface area contributed by atoms with Crippen molar-refractivity contribution in [2.24, 2.45) is 11.7 Å². The van der Waals surface area contributed by atoms with Gasteiger partial charge in [0.05, 0.1) is 12.5 Å². The first-order chi connectivity index (χ1) is 18.8. The number of hydrogen-bond donors (Lipinski definition) is 8. The fraction of sp³-hybridized carbons (Fsp3) is 0.462. The number of aromatic nitrogens is 1. The summed E-state index contributed by atoms with van der Waals surface area (Å²) in [4.78, 5) is 76.0. The van der Waals surface area contributed by atoms with Crippen LogP contribution in [-0.2, 0) is 35.2 Å². The van der Waals surface area contributed by atoms with E-state index < -0.39 is 79.1 Å². The van der Waals surface area contributed by atoms with E-state index in [0.29, 0.717) is 5.56 Å². The molecule has 14 nitrogen and oxygen atoms in total. The van der Waals surface area contributed by atoms with Gasteiger partial charge >= 0.3 is 17.9 Å². The molecule has 1 aromatic heterocycles. The fourth-order valence-electron chi connectivity index (χ4n) is 4.08. The van der Waals surface area contributed by atoms with Crippen LogP contribution >= 0.6 is 0 Å². The third-order valence-corrected chi connectivity index (χ3v) is 6.07. The van der Waals surface area contributed by atoms with Crippen molar-refractivity contribution in [3.63, 3.8) is 0 Å². The van der Waals surface area contributed by atoms with Gasteiger partial charge in [-0.05, 0) is 30.4 Å². The van der Waals surface area contributed by atoms with Crippen molar-refractivity contribution in [2.45, 2.75) is 70.1 Å². The SMILES string of the molecule is CC(C)C[C@H](N)C(=O)N[C@@H](CC(=O)O)C(=O)N[C@@H](CCC(=O)O)C(=O)N[C@@H](Cc1c[nH]c2ccccc12)C(=O)O. The number of carbonyl (C=O) groups is 6. The van der Waals surface area contributed by atoms with Gasteiger partial charge in [-0.25, -0.2) is 4.79 Å². The predicted molar refractivity (Wildman–Crippen MR) is 142 cm³/mol. The van der Waals surface area contributed by atoms with Gasteiger partial charge in [0.2, 0.25) is 17.7 Å². The van der Waals surface area contributed by atoms with Gasteiger partial charge in [-0.3, -0.25) is 24.0 Å². The van der Waals surface area contributed by atoms with Crippen molar-refractivity contribution in [1.29, 1.82) is 0 Å². The van der Waals surface area contributed by atoms with E-state index in [9.17, 15) is 39.0 Å². The summed E-state index contributed by atoms with van der Waals surface area (Å²) >= 11 is 0. The summed E-state index contributed by atoms with van der Waals surface area (Å²) in [5.74, 6) is -6.85. The lowest BCUT2D eigenvalue weighted by atomic mass is 10.0. The lowest BCUT2D eigenvalue weighted by Crippen LogP contribution is -2.57. The van der Waals surface area contributed by atoms with Gasteiger partial charge in [-0.15, -0.1) is 0 Å². The number of nitrogens with one attached hydrogen (secondary N) is 4. The highest BCUT2D eigenvalue weighted by molar-refractivity contribution is 5.96. The van der Waals surface area contributed by atoms with Crippen LogP contribution in [0.3, 0.4) is 0 Å². The van der Waals surface area contributed by atoms with E-state index in [1.165, 1.54) is 0 Å². The van der Waals surface area contributed by atoms with Crippen LogP contribution in [0.2, 0.25) is 0 Å². The smallest absolute Gasteiger partial charge is 0.326 e. The monoisotopic (exact) mass is 561 g/mol. The minimum atomic E-state index is -1.62. The van der Waals surface area contributed by atoms with Crippen LogP contribution in [0.25, 0.3) is 10.9 Å². The highest BCUT2D eigenvalue weighted by Gasteiger charge is 2.32. The Bertz CT molecular complexity index is 1240. The summed E-state index contributed by atoms with van der Waals surface area (Å²) in [6.07, 6.45) is -0.0576. The van der Waals surface area contributed by atoms with Gasteiger partial charge in [0.25, 0.3) is 0 Å². The van der Waals surface area contributed by atoms with Crippen molar-refractivity contribution in [2.75, 3.05) is 0 Å². The van der Waals surface area contributed by atoms with Gasteiger partial charge < -0.3 is 42.0 Å². The summed E-state index contributed by atoms with van der Waals surface area (Å²) in [5, 5.41) is 35.7. The average molecular weight is 562 g/mol. The second kappa shape index (κ2) is 14.6. The maximum atomic E-state index is 13.1. The van der Waals surface area contributed by atoms with Crippen molar-refractivity contribution in [3.8, 4) is 0 Å².